The van der Waals surface area contributed by atoms with Crippen LogP contribution in [0.2, 0.25) is 0 Å². The second-order valence-electron chi connectivity index (χ2n) is 7.50. The lowest BCUT2D eigenvalue weighted by atomic mass is 10.00. The van der Waals surface area contributed by atoms with Crippen LogP contribution in [0.15, 0.2) is 96.1 Å². The number of benzene rings is 1. The van der Waals surface area contributed by atoms with Crippen LogP contribution in [0, 0.1) is 0 Å². The van der Waals surface area contributed by atoms with Crippen LogP contribution < -0.4 is 5.32 Å². The highest BCUT2D eigenvalue weighted by atomic mass is 19.4. The molecule has 4 heterocycles. The molecule has 0 saturated heterocycles. The summed E-state index contributed by atoms with van der Waals surface area (Å²) in [7, 11) is 0. The Balaban J connectivity index is 0.000000405. The van der Waals surface area contributed by atoms with Gasteiger partial charge in [-0.15, -0.1) is 0 Å². The minimum Gasteiger partial charge on any atom is -0.475 e. The number of rotatable bonds is 4. The average Bonchev–Trinajstić information content (AvgIpc) is 3.44. The Morgan fingerprint density at radius 2 is 1.65 bits per heavy atom. The molecule has 0 bridgehead atoms. The summed E-state index contributed by atoms with van der Waals surface area (Å²) < 4.78 is 37.2. The van der Waals surface area contributed by atoms with Crippen molar-refractivity contribution in [3.63, 3.8) is 0 Å². The zero-order valence-corrected chi connectivity index (χ0v) is 18.8. The van der Waals surface area contributed by atoms with E-state index in [1.165, 1.54) is 0 Å². The second-order valence-corrected chi connectivity index (χ2v) is 7.50. The van der Waals surface area contributed by atoms with E-state index in [0.717, 1.165) is 16.5 Å². The summed E-state index contributed by atoms with van der Waals surface area (Å²) in [5.41, 5.74) is 4.43. The molecule has 8 nitrogen and oxygen atoms in total. The molecule has 1 aromatic carbocycles. The van der Waals surface area contributed by atoms with Crippen LogP contribution in [0.1, 0.15) is 10.4 Å². The van der Waals surface area contributed by atoms with Gasteiger partial charge in [-0.2, -0.15) is 13.2 Å². The molecule has 37 heavy (non-hydrogen) atoms. The summed E-state index contributed by atoms with van der Waals surface area (Å²) in [6, 6.07) is 18.7. The molecule has 186 valence electrons. The second kappa shape index (κ2) is 10.7. The fraction of sp³-hybridized carbons (Fsp3) is 0.0385. The zero-order chi connectivity index (χ0) is 26.4. The Morgan fingerprint density at radius 3 is 2.27 bits per heavy atom. The molecule has 0 atom stereocenters. The SMILES string of the molecule is O=C(Nc1cccnc1)c1cc(-c2ccco2)nc2ccc(-c3ccncc3)cc12.O=C(O)C(F)(F)F. The van der Waals surface area contributed by atoms with Crippen LogP contribution in [0.4, 0.5) is 18.9 Å². The van der Waals surface area contributed by atoms with Crippen molar-refractivity contribution < 1.29 is 32.3 Å². The molecule has 5 rings (SSSR count). The highest BCUT2D eigenvalue weighted by Gasteiger charge is 2.38. The van der Waals surface area contributed by atoms with Gasteiger partial charge in [-0.05, 0) is 65.7 Å². The largest absolute Gasteiger partial charge is 0.490 e. The first kappa shape index (κ1) is 25.0. The van der Waals surface area contributed by atoms with Gasteiger partial charge < -0.3 is 14.8 Å². The lowest BCUT2D eigenvalue weighted by molar-refractivity contribution is -0.192. The van der Waals surface area contributed by atoms with Gasteiger partial charge in [0.05, 0.1) is 29.2 Å². The first-order valence-corrected chi connectivity index (χ1v) is 10.6. The van der Waals surface area contributed by atoms with Gasteiger partial charge in [-0.25, -0.2) is 9.78 Å². The molecule has 2 N–H and O–H groups in total. The first-order chi connectivity index (χ1) is 17.7. The predicted octanol–water partition coefficient (Wildman–Crippen LogP) is 5.84. The molecule has 0 radical (unpaired) electrons. The standard InChI is InChI=1S/C24H16N4O2.C2HF3O2/c29-24(27-18-3-1-9-26-15-18)20-14-22(23-4-2-12-30-23)28-21-6-5-17(13-19(20)21)16-7-10-25-11-8-16;3-2(4,5)1(6)7/h1-15H,(H,27,29);(H,6,7). The van der Waals surface area contributed by atoms with E-state index in [1.807, 2.05) is 36.4 Å². The van der Waals surface area contributed by atoms with Crippen LogP contribution in [-0.2, 0) is 4.79 Å². The van der Waals surface area contributed by atoms with Crippen LogP contribution in [0.3, 0.4) is 0 Å². The number of aromatic nitrogens is 3. The minimum absolute atomic E-state index is 0.241. The fourth-order valence-corrected chi connectivity index (χ4v) is 3.32. The predicted molar refractivity (Wildman–Crippen MR) is 129 cm³/mol. The number of amides is 1. The van der Waals surface area contributed by atoms with Gasteiger partial charge in [0.25, 0.3) is 5.91 Å². The molecule has 0 saturated carbocycles. The van der Waals surface area contributed by atoms with E-state index in [-0.39, 0.29) is 5.91 Å². The Labute approximate surface area is 207 Å². The third-order valence-electron chi connectivity index (χ3n) is 5.00. The quantitative estimate of drug-likeness (QED) is 0.314. The number of nitrogens with zero attached hydrogens (tertiary/aromatic N) is 3. The molecule has 5 aromatic rings. The monoisotopic (exact) mass is 506 g/mol. The van der Waals surface area contributed by atoms with Gasteiger partial charge >= 0.3 is 12.1 Å². The molecule has 0 fully saturated rings. The maximum Gasteiger partial charge on any atom is 0.490 e. The normalized spacial score (nSPS) is 10.9. The molecule has 4 aromatic heterocycles. The Bertz CT molecular complexity index is 1520. The number of carboxylic acid groups (broad SMARTS) is 1. The number of carbonyl (C=O) groups is 2. The van der Waals surface area contributed by atoms with Gasteiger partial charge in [-0.1, -0.05) is 6.07 Å². The van der Waals surface area contributed by atoms with Crippen molar-refractivity contribution in [1.82, 2.24) is 15.0 Å². The number of fused-ring (bicyclic) bond motifs is 1. The van der Waals surface area contributed by atoms with Crippen LogP contribution in [0.25, 0.3) is 33.5 Å². The third kappa shape index (κ3) is 6.14. The summed E-state index contributed by atoms with van der Waals surface area (Å²) in [4.78, 5) is 34.9. The maximum absolute atomic E-state index is 13.2. The number of hydrogen-bond donors (Lipinski definition) is 2. The highest BCUT2D eigenvalue weighted by Crippen LogP contribution is 2.29. The topological polar surface area (TPSA) is 118 Å². The van der Waals surface area contributed by atoms with E-state index in [0.29, 0.717) is 28.2 Å². The van der Waals surface area contributed by atoms with Crippen molar-refractivity contribution in [2.75, 3.05) is 5.32 Å². The summed E-state index contributed by atoms with van der Waals surface area (Å²) in [6.45, 7) is 0. The fourth-order valence-electron chi connectivity index (χ4n) is 3.32. The number of alkyl halides is 3. The van der Waals surface area contributed by atoms with E-state index in [9.17, 15) is 18.0 Å². The molecule has 0 unspecified atom stereocenters. The van der Waals surface area contributed by atoms with Crippen molar-refractivity contribution in [2.24, 2.45) is 0 Å². The number of carboxylic acids is 1. The van der Waals surface area contributed by atoms with Crippen molar-refractivity contribution in [3.8, 4) is 22.6 Å². The molecule has 0 aliphatic carbocycles. The number of aliphatic carboxylic acids is 1. The van der Waals surface area contributed by atoms with E-state index < -0.39 is 12.1 Å². The van der Waals surface area contributed by atoms with E-state index in [1.54, 1.807) is 55.3 Å². The van der Waals surface area contributed by atoms with Gasteiger partial charge in [-0.3, -0.25) is 14.8 Å². The average molecular weight is 506 g/mol. The van der Waals surface area contributed by atoms with Gasteiger partial charge in [0.1, 0.15) is 5.69 Å². The molecule has 0 aliphatic heterocycles. The molecule has 0 aliphatic rings. The summed E-state index contributed by atoms with van der Waals surface area (Å²) >= 11 is 0. The van der Waals surface area contributed by atoms with Crippen LogP contribution >= 0.6 is 0 Å². The van der Waals surface area contributed by atoms with Gasteiger partial charge in [0.15, 0.2) is 5.76 Å². The number of furan rings is 1. The lowest BCUT2D eigenvalue weighted by Crippen LogP contribution is -2.21. The highest BCUT2D eigenvalue weighted by molar-refractivity contribution is 6.13. The number of anilines is 1. The van der Waals surface area contributed by atoms with Crippen molar-refractivity contribution in [2.45, 2.75) is 6.18 Å². The van der Waals surface area contributed by atoms with Crippen LogP contribution in [0.5, 0.6) is 0 Å². The maximum atomic E-state index is 13.2. The van der Waals surface area contributed by atoms with E-state index in [4.69, 9.17) is 19.3 Å². The van der Waals surface area contributed by atoms with Crippen molar-refractivity contribution >= 4 is 28.5 Å². The zero-order valence-electron chi connectivity index (χ0n) is 18.8. The van der Waals surface area contributed by atoms with Crippen molar-refractivity contribution in [1.29, 1.82) is 0 Å². The smallest absolute Gasteiger partial charge is 0.475 e. The minimum atomic E-state index is -5.08. The summed E-state index contributed by atoms with van der Waals surface area (Å²) in [5, 5.41) is 10.8. The number of hydrogen-bond acceptors (Lipinski definition) is 6. The number of pyridine rings is 3. The van der Waals surface area contributed by atoms with E-state index in [2.05, 4.69) is 15.3 Å². The number of nitrogens with one attached hydrogen (secondary N) is 1. The Kier molecular flexibility index (Phi) is 7.23. The van der Waals surface area contributed by atoms with Crippen LogP contribution in [-0.4, -0.2) is 38.1 Å². The van der Waals surface area contributed by atoms with Crippen molar-refractivity contribution in [3.05, 3.63) is 97.3 Å². The number of carbonyl (C=O) groups excluding carboxylic acids is 1. The van der Waals surface area contributed by atoms with Gasteiger partial charge in [0, 0.05) is 24.0 Å². The first-order valence-electron chi connectivity index (χ1n) is 10.6. The molecular weight excluding hydrogens is 489 g/mol. The molecule has 11 heteroatoms. The number of halogens is 3. The molecular formula is C26H17F3N4O4. The lowest BCUT2D eigenvalue weighted by Gasteiger charge is -2.11. The third-order valence-corrected chi connectivity index (χ3v) is 5.00. The van der Waals surface area contributed by atoms with Gasteiger partial charge in [0.2, 0.25) is 0 Å². The molecule has 0 spiro atoms. The summed E-state index contributed by atoms with van der Waals surface area (Å²) in [6.07, 6.45) is 3.26. The van der Waals surface area contributed by atoms with E-state index >= 15 is 0 Å². The summed E-state index contributed by atoms with van der Waals surface area (Å²) in [5.74, 6) is -2.40. The molecule has 1 amide bonds. The Morgan fingerprint density at radius 1 is 0.892 bits per heavy atom. The Hall–Kier alpha value is -5.06.